The maximum absolute atomic E-state index is 10.8. The summed E-state index contributed by atoms with van der Waals surface area (Å²) >= 11 is 0. The van der Waals surface area contributed by atoms with E-state index in [1.807, 2.05) is 6.92 Å². The van der Waals surface area contributed by atoms with Gasteiger partial charge in [0, 0.05) is 0 Å². The molecule has 0 amide bonds. The zero-order valence-electron chi connectivity index (χ0n) is 12.7. The van der Waals surface area contributed by atoms with Crippen molar-refractivity contribution >= 4 is 5.97 Å². The van der Waals surface area contributed by atoms with Crippen molar-refractivity contribution in [3.05, 3.63) is 0 Å². The van der Waals surface area contributed by atoms with Crippen LogP contribution in [0.25, 0.3) is 0 Å². The zero-order chi connectivity index (χ0) is 14.0. The number of carbonyl (C=O) groups is 1. The molecule has 108 valence electrons. The molecule has 1 atom stereocenters. The molecule has 18 heavy (non-hydrogen) atoms. The van der Waals surface area contributed by atoms with E-state index in [0.29, 0.717) is 0 Å². The summed E-state index contributed by atoms with van der Waals surface area (Å²) in [6.45, 7) is 3.21. The molecule has 0 heterocycles. The summed E-state index contributed by atoms with van der Waals surface area (Å²) in [6, 6.07) is 0. The van der Waals surface area contributed by atoms with Crippen LogP contribution in [0.3, 0.4) is 0 Å². The zero-order valence-corrected chi connectivity index (χ0v) is 12.7. The summed E-state index contributed by atoms with van der Waals surface area (Å²) in [5, 5.41) is 8.92. The molecule has 0 fully saturated rings. The SMILES string of the molecule is CCC(CCCCCCCC[N+](C)(C)C)C(=O)O. The van der Waals surface area contributed by atoms with Crippen LogP contribution < -0.4 is 0 Å². The highest BCUT2D eigenvalue weighted by Crippen LogP contribution is 2.15. The highest BCUT2D eigenvalue weighted by molar-refractivity contribution is 5.69. The van der Waals surface area contributed by atoms with Crippen molar-refractivity contribution < 1.29 is 14.4 Å². The average molecular weight is 258 g/mol. The lowest BCUT2D eigenvalue weighted by Crippen LogP contribution is -2.35. The molecule has 0 bridgehead atoms. The van der Waals surface area contributed by atoms with E-state index in [1.165, 1.54) is 38.6 Å². The second-order valence-corrected chi connectivity index (χ2v) is 6.37. The third-order valence-corrected chi connectivity index (χ3v) is 3.47. The van der Waals surface area contributed by atoms with Gasteiger partial charge in [-0.3, -0.25) is 4.79 Å². The topological polar surface area (TPSA) is 37.3 Å². The second-order valence-electron chi connectivity index (χ2n) is 6.37. The number of unbranched alkanes of at least 4 members (excludes halogenated alkanes) is 5. The van der Waals surface area contributed by atoms with Gasteiger partial charge in [0.2, 0.25) is 0 Å². The lowest BCUT2D eigenvalue weighted by molar-refractivity contribution is -0.870. The van der Waals surface area contributed by atoms with Gasteiger partial charge in [0.05, 0.1) is 33.6 Å². The number of quaternary nitrogens is 1. The maximum Gasteiger partial charge on any atom is 0.306 e. The molecule has 0 saturated heterocycles. The highest BCUT2D eigenvalue weighted by Gasteiger charge is 2.13. The molecule has 0 radical (unpaired) electrons. The van der Waals surface area contributed by atoms with E-state index in [1.54, 1.807) is 0 Å². The Kier molecular flexibility index (Phi) is 9.08. The quantitative estimate of drug-likeness (QED) is 0.455. The molecule has 0 aliphatic heterocycles. The van der Waals surface area contributed by atoms with Crippen LogP contribution >= 0.6 is 0 Å². The van der Waals surface area contributed by atoms with Crippen molar-refractivity contribution in [2.45, 2.75) is 58.3 Å². The van der Waals surface area contributed by atoms with Gasteiger partial charge in [-0.05, 0) is 25.7 Å². The molecule has 0 aliphatic carbocycles. The Morgan fingerprint density at radius 1 is 1.00 bits per heavy atom. The van der Waals surface area contributed by atoms with E-state index in [4.69, 9.17) is 5.11 Å². The van der Waals surface area contributed by atoms with E-state index >= 15 is 0 Å². The number of hydrogen-bond acceptors (Lipinski definition) is 1. The number of carboxylic acids is 1. The first kappa shape index (κ1) is 17.4. The van der Waals surface area contributed by atoms with Gasteiger partial charge < -0.3 is 9.59 Å². The Labute approximate surface area is 113 Å². The minimum Gasteiger partial charge on any atom is -0.481 e. The number of hydrogen-bond donors (Lipinski definition) is 1. The van der Waals surface area contributed by atoms with Crippen molar-refractivity contribution in [2.75, 3.05) is 27.7 Å². The monoisotopic (exact) mass is 258 g/mol. The molecule has 0 aromatic heterocycles. The Bertz CT molecular complexity index is 221. The molecule has 1 N–H and O–H groups in total. The second kappa shape index (κ2) is 9.37. The summed E-state index contributed by atoms with van der Waals surface area (Å²) in [7, 11) is 6.70. The molecule has 3 nitrogen and oxygen atoms in total. The van der Waals surface area contributed by atoms with Gasteiger partial charge in [-0.15, -0.1) is 0 Å². The van der Waals surface area contributed by atoms with Crippen molar-refractivity contribution in [1.82, 2.24) is 0 Å². The predicted octanol–water partition coefficient (Wildman–Crippen LogP) is 3.53. The van der Waals surface area contributed by atoms with Crippen LogP contribution in [-0.4, -0.2) is 43.2 Å². The number of nitrogens with zero attached hydrogens (tertiary/aromatic N) is 1. The van der Waals surface area contributed by atoms with Gasteiger partial charge in [-0.1, -0.05) is 32.6 Å². The molecular weight excluding hydrogens is 226 g/mol. The summed E-state index contributed by atoms with van der Waals surface area (Å²) in [4.78, 5) is 10.8. The van der Waals surface area contributed by atoms with Gasteiger partial charge in [-0.2, -0.15) is 0 Å². The van der Waals surface area contributed by atoms with Crippen LogP contribution in [0.5, 0.6) is 0 Å². The van der Waals surface area contributed by atoms with Crippen LogP contribution in [-0.2, 0) is 4.79 Å². The molecule has 1 unspecified atom stereocenters. The van der Waals surface area contributed by atoms with Gasteiger partial charge in [-0.25, -0.2) is 0 Å². The standard InChI is InChI=1S/C15H31NO2/c1-5-14(15(17)18)12-10-8-6-7-9-11-13-16(2,3)4/h14H,5-13H2,1-4H3/p+1. The van der Waals surface area contributed by atoms with Crippen LogP contribution in [0.4, 0.5) is 0 Å². The molecule has 0 saturated carbocycles. The third-order valence-electron chi connectivity index (χ3n) is 3.47. The average Bonchev–Trinajstić information content (AvgIpc) is 2.25. The first-order valence-electron chi connectivity index (χ1n) is 7.40. The number of aliphatic carboxylic acids is 1. The van der Waals surface area contributed by atoms with Crippen LogP contribution in [0, 0.1) is 5.92 Å². The predicted molar refractivity (Wildman–Crippen MR) is 76.6 cm³/mol. The molecule has 0 aliphatic rings. The Morgan fingerprint density at radius 2 is 1.50 bits per heavy atom. The molecule has 0 aromatic rings. The molecule has 0 spiro atoms. The van der Waals surface area contributed by atoms with E-state index in [-0.39, 0.29) is 5.92 Å². The Balaban J connectivity index is 3.33. The van der Waals surface area contributed by atoms with Gasteiger partial charge in [0.1, 0.15) is 0 Å². The highest BCUT2D eigenvalue weighted by atomic mass is 16.4. The maximum atomic E-state index is 10.8. The van der Waals surface area contributed by atoms with Crippen molar-refractivity contribution in [3.63, 3.8) is 0 Å². The summed E-state index contributed by atoms with van der Waals surface area (Å²) in [5.41, 5.74) is 0. The van der Waals surface area contributed by atoms with E-state index in [2.05, 4.69) is 21.1 Å². The number of carboxylic acid groups (broad SMARTS) is 1. The van der Waals surface area contributed by atoms with Gasteiger partial charge in [0.15, 0.2) is 0 Å². The summed E-state index contributed by atoms with van der Waals surface area (Å²) in [6.07, 6.45) is 9.04. The Hall–Kier alpha value is -0.570. The fourth-order valence-corrected chi connectivity index (χ4v) is 2.19. The first-order chi connectivity index (χ1) is 8.37. The van der Waals surface area contributed by atoms with E-state index in [0.717, 1.165) is 23.7 Å². The Morgan fingerprint density at radius 3 is 1.94 bits per heavy atom. The molecule has 0 aromatic carbocycles. The van der Waals surface area contributed by atoms with E-state index < -0.39 is 5.97 Å². The molecule has 3 heteroatoms. The van der Waals surface area contributed by atoms with Crippen LogP contribution in [0.1, 0.15) is 58.3 Å². The van der Waals surface area contributed by atoms with Crippen LogP contribution in [0.2, 0.25) is 0 Å². The lowest BCUT2D eigenvalue weighted by atomic mass is 9.98. The van der Waals surface area contributed by atoms with Gasteiger partial charge >= 0.3 is 5.97 Å². The third kappa shape index (κ3) is 10.6. The van der Waals surface area contributed by atoms with Crippen molar-refractivity contribution in [1.29, 1.82) is 0 Å². The fourth-order valence-electron chi connectivity index (χ4n) is 2.19. The summed E-state index contributed by atoms with van der Waals surface area (Å²) < 4.78 is 1.05. The first-order valence-corrected chi connectivity index (χ1v) is 7.40. The smallest absolute Gasteiger partial charge is 0.306 e. The largest absolute Gasteiger partial charge is 0.481 e. The number of rotatable bonds is 11. The summed E-state index contributed by atoms with van der Waals surface area (Å²) in [5.74, 6) is -0.747. The molecular formula is C15H32NO2+. The van der Waals surface area contributed by atoms with E-state index in [9.17, 15) is 4.79 Å². The fraction of sp³-hybridized carbons (Fsp3) is 0.933. The lowest BCUT2D eigenvalue weighted by Gasteiger charge is -2.23. The minimum absolute atomic E-state index is 0.122. The van der Waals surface area contributed by atoms with Gasteiger partial charge in [0.25, 0.3) is 0 Å². The van der Waals surface area contributed by atoms with Crippen molar-refractivity contribution in [3.8, 4) is 0 Å². The molecule has 0 rings (SSSR count). The van der Waals surface area contributed by atoms with Crippen molar-refractivity contribution in [2.24, 2.45) is 5.92 Å². The minimum atomic E-state index is -0.625. The van der Waals surface area contributed by atoms with Crippen LogP contribution in [0.15, 0.2) is 0 Å². The normalized spacial score (nSPS) is 13.6.